The zero-order valence-electron chi connectivity index (χ0n) is 10.9. The summed E-state index contributed by atoms with van der Waals surface area (Å²) in [5, 5.41) is 17.4. The Labute approximate surface area is 120 Å². The summed E-state index contributed by atoms with van der Waals surface area (Å²) < 4.78 is 1.83. The lowest BCUT2D eigenvalue weighted by Gasteiger charge is -2.07. The summed E-state index contributed by atoms with van der Waals surface area (Å²) >= 11 is 1.52. The SMILES string of the molecule is Cn1cnnc1SCc1cccc(CC(N)C(=O)O)n1. The standard InChI is InChI=1S/C12H15N5O2S/c1-17-7-14-16-12(17)20-6-9-4-2-3-8(15-9)5-10(13)11(18)19/h2-4,7,10H,5-6,13H2,1H3,(H,18,19). The maximum atomic E-state index is 10.7. The highest BCUT2D eigenvalue weighted by Gasteiger charge is 2.13. The van der Waals surface area contributed by atoms with Gasteiger partial charge in [0.2, 0.25) is 0 Å². The van der Waals surface area contributed by atoms with Crippen molar-refractivity contribution in [2.45, 2.75) is 23.4 Å². The minimum atomic E-state index is -1.02. The molecule has 0 aliphatic carbocycles. The number of rotatable bonds is 6. The number of aryl methyl sites for hydroxylation is 1. The predicted molar refractivity (Wildman–Crippen MR) is 74.1 cm³/mol. The monoisotopic (exact) mass is 293 g/mol. The molecule has 2 aromatic rings. The molecule has 2 heterocycles. The van der Waals surface area contributed by atoms with Crippen molar-refractivity contribution in [3.05, 3.63) is 35.9 Å². The van der Waals surface area contributed by atoms with Crippen molar-refractivity contribution < 1.29 is 9.90 Å². The Bertz CT molecular complexity index is 601. The molecule has 0 bridgehead atoms. The first-order valence-electron chi connectivity index (χ1n) is 5.96. The van der Waals surface area contributed by atoms with Crippen LogP contribution in [0.5, 0.6) is 0 Å². The van der Waals surface area contributed by atoms with Crippen LogP contribution in [0, 0.1) is 0 Å². The Morgan fingerprint density at radius 1 is 1.50 bits per heavy atom. The van der Waals surface area contributed by atoms with E-state index < -0.39 is 12.0 Å². The third kappa shape index (κ3) is 3.78. The molecule has 0 saturated heterocycles. The highest BCUT2D eigenvalue weighted by Crippen LogP contribution is 2.18. The fraction of sp³-hybridized carbons (Fsp3) is 0.333. The highest BCUT2D eigenvalue weighted by molar-refractivity contribution is 7.98. The second kappa shape index (κ2) is 6.49. The quantitative estimate of drug-likeness (QED) is 0.745. The molecule has 1 atom stereocenters. The van der Waals surface area contributed by atoms with Gasteiger partial charge in [0.1, 0.15) is 12.4 Å². The predicted octanol–water partition coefficient (Wildman–Crippen LogP) is 0.457. The molecule has 0 radical (unpaired) electrons. The second-order valence-electron chi connectivity index (χ2n) is 4.28. The number of thioether (sulfide) groups is 1. The molecular weight excluding hydrogens is 278 g/mol. The Kier molecular flexibility index (Phi) is 4.70. The molecule has 3 N–H and O–H groups in total. The van der Waals surface area contributed by atoms with E-state index in [4.69, 9.17) is 10.8 Å². The molecule has 0 aromatic carbocycles. The molecule has 0 spiro atoms. The first kappa shape index (κ1) is 14.5. The number of nitrogens with zero attached hydrogens (tertiary/aromatic N) is 4. The normalized spacial score (nSPS) is 12.3. The molecule has 0 aliphatic heterocycles. The first-order valence-corrected chi connectivity index (χ1v) is 6.95. The molecular formula is C12H15N5O2S. The molecule has 0 fully saturated rings. The van der Waals surface area contributed by atoms with Gasteiger partial charge in [-0.05, 0) is 12.1 Å². The lowest BCUT2D eigenvalue weighted by Crippen LogP contribution is -2.32. The Morgan fingerprint density at radius 3 is 2.90 bits per heavy atom. The van der Waals surface area contributed by atoms with E-state index in [1.165, 1.54) is 11.8 Å². The van der Waals surface area contributed by atoms with E-state index in [9.17, 15) is 4.79 Å². The van der Waals surface area contributed by atoms with Crippen molar-refractivity contribution >= 4 is 17.7 Å². The van der Waals surface area contributed by atoms with Crippen LogP contribution in [0.2, 0.25) is 0 Å². The third-order valence-electron chi connectivity index (χ3n) is 2.63. The van der Waals surface area contributed by atoms with Gasteiger partial charge in [0.25, 0.3) is 0 Å². The van der Waals surface area contributed by atoms with Crippen LogP contribution in [-0.2, 0) is 24.0 Å². The maximum absolute atomic E-state index is 10.7. The van der Waals surface area contributed by atoms with Crippen LogP contribution in [0.4, 0.5) is 0 Å². The molecule has 8 heteroatoms. The minimum Gasteiger partial charge on any atom is -0.480 e. The van der Waals surface area contributed by atoms with Gasteiger partial charge in [0.15, 0.2) is 5.16 Å². The first-order chi connectivity index (χ1) is 9.56. The number of carboxylic acid groups (broad SMARTS) is 1. The van der Waals surface area contributed by atoms with Gasteiger partial charge in [0, 0.05) is 24.9 Å². The maximum Gasteiger partial charge on any atom is 0.320 e. The summed E-state index contributed by atoms with van der Waals surface area (Å²) in [6, 6.07) is 4.59. The molecule has 2 rings (SSSR count). The summed E-state index contributed by atoms with van der Waals surface area (Å²) in [5.74, 6) is -0.381. The van der Waals surface area contributed by atoms with E-state index in [1.807, 2.05) is 23.7 Å². The average Bonchev–Trinajstić information content (AvgIpc) is 2.82. The van der Waals surface area contributed by atoms with Crippen molar-refractivity contribution in [2.24, 2.45) is 12.8 Å². The fourth-order valence-corrected chi connectivity index (χ4v) is 2.37. The summed E-state index contributed by atoms with van der Waals surface area (Å²) in [4.78, 5) is 15.1. The van der Waals surface area contributed by atoms with Gasteiger partial charge in [0.05, 0.1) is 5.69 Å². The van der Waals surface area contributed by atoms with Gasteiger partial charge >= 0.3 is 5.97 Å². The van der Waals surface area contributed by atoms with E-state index in [0.717, 1.165) is 10.9 Å². The zero-order valence-corrected chi connectivity index (χ0v) is 11.7. The molecule has 106 valence electrons. The molecule has 1 unspecified atom stereocenters. The van der Waals surface area contributed by atoms with Crippen LogP contribution in [-0.4, -0.2) is 36.9 Å². The van der Waals surface area contributed by atoms with E-state index in [1.54, 1.807) is 12.4 Å². The number of carboxylic acids is 1. The van der Waals surface area contributed by atoms with E-state index in [2.05, 4.69) is 15.2 Å². The zero-order chi connectivity index (χ0) is 14.5. The number of carbonyl (C=O) groups is 1. The number of nitrogens with two attached hydrogens (primary N) is 1. The molecule has 7 nitrogen and oxygen atoms in total. The number of hydrogen-bond acceptors (Lipinski definition) is 6. The van der Waals surface area contributed by atoms with Gasteiger partial charge in [-0.1, -0.05) is 17.8 Å². The van der Waals surface area contributed by atoms with Gasteiger partial charge in [-0.25, -0.2) is 0 Å². The summed E-state index contributed by atoms with van der Waals surface area (Å²) in [7, 11) is 1.87. The third-order valence-corrected chi connectivity index (χ3v) is 3.70. The fourth-order valence-electron chi connectivity index (χ4n) is 1.58. The van der Waals surface area contributed by atoms with Crippen molar-refractivity contribution in [3.63, 3.8) is 0 Å². The Hall–Kier alpha value is -1.93. The van der Waals surface area contributed by atoms with Crippen molar-refractivity contribution in [3.8, 4) is 0 Å². The topological polar surface area (TPSA) is 107 Å². The summed E-state index contributed by atoms with van der Waals surface area (Å²) in [6.07, 6.45) is 1.86. The number of hydrogen-bond donors (Lipinski definition) is 2. The lowest BCUT2D eigenvalue weighted by atomic mass is 10.1. The average molecular weight is 293 g/mol. The van der Waals surface area contributed by atoms with Crippen LogP contribution in [0.3, 0.4) is 0 Å². The lowest BCUT2D eigenvalue weighted by molar-refractivity contribution is -0.138. The highest BCUT2D eigenvalue weighted by atomic mass is 32.2. The van der Waals surface area contributed by atoms with Gasteiger partial charge in [-0.2, -0.15) is 0 Å². The van der Waals surface area contributed by atoms with Gasteiger partial charge in [-0.15, -0.1) is 10.2 Å². The van der Waals surface area contributed by atoms with Crippen LogP contribution < -0.4 is 5.73 Å². The minimum absolute atomic E-state index is 0.220. The molecule has 0 aliphatic rings. The van der Waals surface area contributed by atoms with Crippen LogP contribution in [0.25, 0.3) is 0 Å². The van der Waals surface area contributed by atoms with Crippen molar-refractivity contribution in [1.82, 2.24) is 19.7 Å². The Morgan fingerprint density at radius 2 is 2.25 bits per heavy atom. The van der Waals surface area contributed by atoms with Crippen molar-refractivity contribution in [2.75, 3.05) is 0 Å². The molecule has 2 aromatic heterocycles. The summed E-state index contributed by atoms with van der Waals surface area (Å²) in [6.45, 7) is 0. The van der Waals surface area contributed by atoms with E-state index >= 15 is 0 Å². The van der Waals surface area contributed by atoms with Crippen LogP contribution in [0.15, 0.2) is 29.7 Å². The van der Waals surface area contributed by atoms with Crippen LogP contribution in [0.1, 0.15) is 11.4 Å². The molecule has 0 saturated carbocycles. The van der Waals surface area contributed by atoms with E-state index in [-0.39, 0.29) is 6.42 Å². The Balaban J connectivity index is 1.99. The second-order valence-corrected chi connectivity index (χ2v) is 5.22. The number of pyridine rings is 1. The number of aromatic nitrogens is 4. The van der Waals surface area contributed by atoms with Gasteiger partial charge in [-0.3, -0.25) is 9.78 Å². The molecule has 0 amide bonds. The smallest absolute Gasteiger partial charge is 0.320 e. The molecule has 20 heavy (non-hydrogen) atoms. The van der Waals surface area contributed by atoms with Gasteiger partial charge < -0.3 is 15.4 Å². The largest absolute Gasteiger partial charge is 0.480 e. The van der Waals surface area contributed by atoms with Crippen molar-refractivity contribution in [1.29, 1.82) is 0 Å². The van der Waals surface area contributed by atoms with Crippen LogP contribution >= 0.6 is 11.8 Å². The van der Waals surface area contributed by atoms with E-state index in [0.29, 0.717) is 11.4 Å². The number of aliphatic carboxylic acids is 1. The summed E-state index contributed by atoms with van der Waals surface area (Å²) in [5.41, 5.74) is 7.03.